The molecule has 4 fully saturated rings. The van der Waals surface area contributed by atoms with Crippen molar-refractivity contribution in [2.45, 2.75) is 77.4 Å². The Bertz CT molecular complexity index is 503. The van der Waals surface area contributed by atoms with Crippen molar-refractivity contribution in [2.75, 3.05) is 7.11 Å². The van der Waals surface area contributed by atoms with Crippen molar-refractivity contribution in [1.29, 1.82) is 0 Å². The Morgan fingerprint density at radius 1 is 1.04 bits per heavy atom. The van der Waals surface area contributed by atoms with Crippen LogP contribution in [0, 0.1) is 34.5 Å². The Morgan fingerprint density at radius 2 is 1.83 bits per heavy atom. The molecule has 8 atom stereocenters. The number of aliphatic hydroxyl groups excluding tert-OH is 1. The highest BCUT2D eigenvalue weighted by Gasteiger charge is 2.61. The number of Topliss-reactive ketones (excluding diaryl/α,β-unsaturated/α-hetero) is 1. The first kappa shape index (κ1) is 16.1. The van der Waals surface area contributed by atoms with Crippen LogP contribution in [-0.2, 0) is 9.53 Å². The van der Waals surface area contributed by atoms with Gasteiger partial charge < -0.3 is 9.84 Å². The maximum absolute atomic E-state index is 12.1. The summed E-state index contributed by atoms with van der Waals surface area (Å²) >= 11 is 0. The van der Waals surface area contributed by atoms with Crippen LogP contribution in [0.1, 0.15) is 65.2 Å². The number of hydrogen-bond donors (Lipinski definition) is 1. The van der Waals surface area contributed by atoms with Gasteiger partial charge in [0.2, 0.25) is 0 Å². The second-order valence-corrected chi connectivity index (χ2v) is 9.49. The molecule has 0 radical (unpaired) electrons. The number of ether oxygens (including phenoxy) is 1. The summed E-state index contributed by atoms with van der Waals surface area (Å²) in [5.41, 5.74) is 0.562. The number of carbonyl (C=O) groups excluding carboxylic acids is 1. The van der Waals surface area contributed by atoms with Crippen molar-refractivity contribution in [3.05, 3.63) is 0 Å². The van der Waals surface area contributed by atoms with Gasteiger partial charge in [-0.3, -0.25) is 4.79 Å². The standard InChI is InChI=1S/C20H32O3/c1-19-8-6-14-13(16(19)10-12(21)11-19)4-5-15-18(23-3)17(22)7-9-20(14,15)2/h13-18,22H,4-11H2,1-3H3/t13-,14+,15+,16+,17-,18-,19+,20-/m0/s1. The van der Waals surface area contributed by atoms with Crippen LogP contribution in [0.3, 0.4) is 0 Å². The van der Waals surface area contributed by atoms with Crippen molar-refractivity contribution in [3.63, 3.8) is 0 Å². The minimum absolute atomic E-state index is 0.00761. The summed E-state index contributed by atoms with van der Waals surface area (Å²) < 4.78 is 5.74. The van der Waals surface area contributed by atoms with Crippen LogP contribution >= 0.6 is 0 Å². The third-order valence-electron chi connectivity index (χ3n) is 8.54. The molecule has 1 N–H and O–H groups in total. The number of hydrogen-bond acceptors (Lipinski definition) is 3. The molecule has 4 aliphatic rings. The third kappa shape index (κ3) is 2.18. The van der Waals surface area contributed by atoms with E-state index >= 15 is 0 Å². The molecule has 0 spiro atoms. The molecule has 0 amide bonds. The monoisotopic (exact) mass is 320 g/mol. The van der Waals surface area contributed by atoms with Gasteiger partial charge >= 0.3 is 0 Å². The van der Waals surface area contributed by atoms with Crippen molar-refractivity contribution in [2.24, 2.45) is 34.5 Å². The predicted octanol–water partition coefficient (Wildman–Crippen LogP) is 3.58. The summed E-state index contributed by atoms with van der Waals surface area (Å²) in [5.74, 6) is 3.03. The fraction of sp³-hybridized carbons (Fsp3) is 0.950. The van der Waals surface area contributed by atoms with Gasteiger partial charge in [-0.25, -0.2) is 0 Å². The summed E-state index contributed by atoms with van der Waals surface area (Å²) in [5, 5.41) is 10.4. The first-order chi connectivity index (χ1) is 10.9. The third-order valence-corrected chi connectivity index (χ3v) is 8.54. The molecular formula is C20H32O3. The van der Waals surface area contributed by atoms with E-state index < -0.39 is 0 Å². The number of ketones is 1. The first-order valence-electron chi connectivity index (χ1n) is 9.61. The zero-order chi connectivity index (χ0) is 16.4. The highest BCUT2D eigenvalue weighted by molar-refractivity contribution is 5.82. The molecule has 0 aromatic heterocycles. The van der Waals surface area contributed by atoms with E-state index in [4.69, 9.17) is 4.74 Å². The quantitative estimate of drug-likeness (QED) is 0.803. The molecule has 130 valence electrons. The highest BCUT2D eigenvalue weighted by atomic mass is 16.5. The molecule has 3 heteroatoms. The Balaban J connectivity index is 1.64. The lowest BCUT2D eigenvalue weighted by molar-refractivity contribution is -0.179. The fourth-order valence-corrected chi connectivity index (χ4v) is 7.39. The minimum atomic E-state index is -0.295. The summed E-state index contributed by atoms with van der Waals surface area (Å²) in [4.78, 5) is 12.1. The van der Waals surface area contributed by atoms with E-state index in [1.54, 1.807) is 7.11 Å². The zero-order valence-corrected chi connectivity index (χ0v) is 14.9. The molecule has 3 nitrogen and oxygen atoms in total. The summed E-state index contributed by atoms with van der Waals surface area (Å²) in [6.07, 6.45) is 8.23. The van der Waals surface area contributed by atoms with E-state index in [-0.39, 0.29) is 23.0 Å². The Hall–Kier alpha value is -0.410. The molecule has 0 heterocycles. The Morgan fingerprint density at radius 3 is 2.57 bits per heavy atom. The van der Waals surface area contributed by atoms with E-state index in [0.29, 0.717) is 23.5 Å². The largest absolute Gasteiger partial charge is 0.390 e. The summed E-state index contributed by atoms with van der Waals surface area (Å²) in [6.45, 7) is 4.83. The molecule has 4 rings (SSSR count). The molecular weight excluding hydrogens is 288 g/mol. The van der Waals surface area contributed by atoms with Gasteiger partial charge in [-0.05, 0) is 73.0 Å². The molecule has 4 aliphatic carbocycles. The van der Waals surface area contributed by atoms with Crippen LogP contribution < -0.4 is 0 Å². The second kappa shape index (κ2) is 5.29. The SMILES string of the molecule is CO[C@H]1[C@H]2CC[C@@H]3[C@H]4CC(=O)C[C@@]4(C)CC[C@H]3[C@]2(C)CC[C@@H]1O. The summed E-state index contributed by atoms with van der Waals surface area (Å²) in [7, 11) is 1.76. The Kier molecular flexibility index (Phi) is 3.70. The van der Waals surface area contributed by atoms with Crippen LogP contribution in [0.15, 0.2) is 0 Å². The van der Waals surface area contributed by atoms with E-state index in [1.165, 1.54) is 19.3 Å². The molecule has 23 heavy (non-hydrogen) atoms. The lowest BCUT2D eigenvalue weighted by atomic mass is 9.45. The van der Waals surface area contributed by atoms with Crippen molar-refractivity contribution in [1.82, 2.24) is 0 Å². The normalized spacial score (nSPS) is 55.9. The van der Waals surface area contributed by atoms with Crippen LogP contribution in [0.5, 0.6) is 0 Å². The zero-order valence-electron chi connectivity index (χ0n) is 14.9. The first-order valence-corrected chi connectivity index (χ1v) is 9.61. The number of rotatable bonds is 1. The molecule has 0 unspecified atom stereocenters. The van der Waals surface area contributed by atoms with Gasteiger partial charge in [0.15, 0.2) is 0 Å². The van der Waals surface area contributed by atoms with E-state index in [0.717, 1.165) is 38.0 Å². The highest BCUT2D eigenvalue weighted by Crippen LogP contribution is 2.65. The maximum atomic E-state index is 12.1. The van der Waals surface area contributed by atoms with Gasteiger partial charge in [-0.2, -0.15) is 0 Å². The average Bonchev–Trinajstić information content (AvgIpc) is 2.82. The minimum Gasteiger partial charge on any atom is -0.390 e. The fourth-order valence-electron chi connectivity index (χ4n) is 7.39. The van der Waals surface area contributed by atoms with Crippen molar-refractivity contribution in [3.8, 4) is 0 Å². The van der Waals surface area contributed by atoms with Crippen molar-refractivity contribution < 1.29 is 14.6 Å². The van der Waals surface area contributed by atoms with Gasteiger partial charge in [-0.1, -0.05) is 13.8 Å². The number of fused-ring (bicyclic) bond motifs is 5. The number of methoxy groups -OCH3 is 1. The van der Waals surface area contributed by atoms with Crippen molar-refractivity contribution >= 4 is 5.78 Å². The second-order valence-electron chi connectivity index (χ2n) is 9.49. The number of carbonyl (C=O) groups is 1. The van der Waals surface area contributed by atoms with E-state index in [9.17, 15) is 9.90 Å². The molecule has 4 saturated carbocycles. The molecule has 0 aromatic rings. The lowest BCUT2D eigenvalue weighted by Crippen LogP contribution is -2.58. The molecule has 0 saturated heterocycles. The lowest BCUT2D eigenvalue weighted by Gasteiger charge is -2.61. The Labute approximate surface area is 140 Å². The van der Waals surface area contributed by atoms with Crippen LogP contribution in [-0.4, -0.2) is 30.2 Å². The van der Waals surface area contributed by atoms with E-state index in [2.05, 4.69) is 13.8 Å². The van der Waals surface area contributed by atoms with Gasteiger partial charge in [0, 0.05) is 20.0 Å². The summed E-state index contributed by atoms with van der Waals surface area (Å²) in [6, 6.07) is 0. The van der Waals surface area contributed by atoms with Crippen LogP contribution in [0.2, 0.25) is 0 Å². The van der Waals surface area contributed by atoms with Gasteiger partial charge in [0.25, 0.3) is 0 Å². The molecule has 0 aliphatic heterocycles. The maximum Gasteiger partial charge on any atom is 0.133 e. The van der Waals surface area contributed by atoms with E-state index in [1.807, 2.05) is 0 Å². The topological polar surface area (TPSA) is 46.5 Å². The average molecular weight is 320 g/mol. The van der Waals surface area contributed by atoms with Crippen LogP contribution in [0.4, 0.5) is 0 Å². The molecule has 0 bridgehead atoms. The van der Waals surface area contributed by atoms with Gasteiger partial charge in [0.05, 0.1) is 12.2 Å². The predicted molar refractivity (Wildman–Crippen MR) is 88.9 cm³/mol. The molecule has 0 aromatic carbocycles. The van der Waals surface area contributed by atoms with Crippen LogP contribution in [0.25, 0.3) is 0 Å². The van der Waals surface area contributed by atoms with Gasteiger partial charge in [-0.15, -0.1) is 0 Å². The number of aliphatic hydroxyl groups is 1. The smallest absolute Gasteiger partial charge is 0.133 e. The van der Waals surface area contributed by atoms with Gasteiger partial charge in [0.1, 0.15) is 5.78 Å².